The van der Waals surface area contributed by atoms with E-state index in [1.54, 1.807) is 11.8 Å². The van der Waals surface area contributed by atoms with E-state index in [4.69, 9.17) is 0 Å². The summed E-state index contributed by atoms with van der Waals surface area (Å²) in [5.41, 5.74) is 3.93. The van der Waals surface area contributed by atoms with Crippen molar-refractivity contribution in [3.63, 3.8) is 0 Å². The van der Waals surface area contributed by atoms with Crippen LogP contribution in [-0.4, -0.2) is 27.0 Å². The van der Waals surface area contributed by atoms with Crippen molar-refractivity contribution in [1.82, 2.24) is 14.7 Å². The van der Waals surface area contributed by atoms with Crippen molar-refractivity contribution in [3.8, 4) is 0 Å². The summed E-state index contributed by atoms with van der Waals surface area (Å²) in [5, 5.41) is 4.35. The number of aromatic nitrogens is 2. The van der Waals surface area contributed by atoms with Crippen LogP contribution in [-0.2, 0) is 20.1 Å². The van der Waals surface area contributed by atoms with Crippen molar-refractivity contribution in [2.45, 2.75) is 44.8 Å². The zero-order valence-electron chi connectivity index (χ0n) is 13.6. The van der Waals surface area contributed by atoms with Gasteiger partial charge in [0.15, 0.2) is 0 Å². The fourth-order valence-corrected chi connectivity index (χ4v) is 2.83. The molecular weight excluding hydrogens is 278 g/mol. The molecule has 0 aliphatic heterocycles. The van der Waals surface area contributed by atoms with Gasteiger partial charge in [-0.05, 0) is 44.7 Å². The maximum absolute atomic E-state index is 4.35. The minimum absolute atomic E-state index is 0.502. The summed E-state index contributed by atoms with van der Waals surface area (Å²) in [5.74, 6) is 0. The topological polar surface area (TPSA) is 21.1 Å². The quantitative estimate of drug-likeness (QED) is 0.756. The van der Waals surface area contributed by atoms with Crippen molar-refractivity contribution in [2.75, 3.05) is 6.26 Å². The average molecular weight is 303 g/mol. The average Bonchev–Trinajstić information content (AvgIpc) is 2.78. The predicted octanol–water partition coefficient (Wildman–Crippen LogP) is 3.86. The molecule has 2 aromatic rings. The van der Waals surface area contributed by atoms with Crippen molar-refractivity contribution in [1.29, 1.82) is 0 Å². The number of hydrogen-bond acceptors (Lipinski definition) is 3. The molecule has 0 atom stereocenters. The van der Waals surface area contributed by atoms with Crippen LogP contribution in [0.4, 0.5) is 0 Å². The van der Waals surface area contributed by atoms with Gasteiger partial charge in [-0.3, -0.25) is 9.58 Å². The van der Waals surface area contributed by atoms with Gasteiger partial charge < -0.3 is 0 Å². The van der Waals surface area contributed by atoms with E-state index in [-0.39, 0.29) is 0 Å². The van der Waals surface area contributed by atoms with E-state index in [1.807, 2.05) is 17.9 Å². The minimum atomic E-state index is 0.502. The maximum atomic E-state index is 4.35. The molecule has 0 radical (unpaired) electrons. The van der Waals surface area contributed by atoms with E-state index in [9.17, 15) is 0 Å². The largest absolute Gasteiger partial charge is 0.292 e. The lowest BCUT2D eigenvalue weighted by atomic mass is 10.1. The third kappa shape index (κ3) is 4.11. The lowest BCUT2D eigenvalue weighted by molar-refractivity contribution is 0.203. The molecule has 4 heteroatoms. The number of thioether (sulfide) groups is 1. The van der Waals surface area contributed by atoms with Gasteiger partial charge in [0.1, 0.15) is 0 Å². The molecule has 1 heterocycles. The van der Waals surface area contributed by atoms with Crippen LogP contribution in [0.3, 0.4) is 0 Å². The third-order valence-corrected chi connectivity index (χ3v) is 4.69. The van der Waals surface area contributed by atoms with Gasteiger partial charge >= 0.3 is 0 Å². The van der Waals surface area contributed by atoms with Gasteiger partial charge in [0, 0.05) is 42.3 Å². The second-order valence-electron chi connectivity index (χ2n) is 5.73. The number of rotatable bonds is 6. The Kier molecular flexibility index (Phi) is 5.48. The Hall–Kier alpha value is -1.26. The summed E-state index contributed by atoms with van der Waals surface area (Å²) in [6.07, 6.45) is 4.11. The normalized spacial score (nSPS) is 11.6. The summed E-state index contributed by atoms with van der Waals surface area (Å²) >= 11 is 1.80. The molecule has 1 aromatic carbocycles. The van der Waals surface area contributed by atoms with Crippen molar-refractivity contribution >= 4 is 11.8 Å². The van der Waals surface area contributed by atoms with Gasteiger partial charge in [-0.1, -0.05) is 12.1 Å². The Morgan fingerprint density at radius 1 is 1.29 bits per heavy atom. The van der Waals surface area contributed by atoms with Crippen LogP contribution < -0.4 is 0 Å². The van der Waals surface area contributed by atoms with E-state index in [0.717, 1.165) is 13.1 Å². The second kappa shape index (κ2) is 7.14. The molecule has 0 bridgehead atoms. The van der Waals surface area contributed by atoms with E-state index in [1.165, 1.54) is 21.7 Å². The molecule has 21 heavy (non-hydrogen) atoms. The Morgan fingerprint density at radius 3 is 2.62 bits per heavy atom. The van der Waals surface area contributed by atoms with Gasteiger partial charge in [-0.2, -0.15) is 5.10 Å². The van der Waals surface area contributed by atoms with Crippen molar-refractivity contribution in [3.05, 3.63) is 47.3 Å². The molecule has 3 nitrogen and oxygen atoms in total. The zero-order chi connectivity index (χ0) is 15.4. The van der Waals surface area contributed by atoms with Gasteiger partial charge in [0.2, 0.25) is 0 Å². The van der Waals surface area contributed by atoms with E-state index >= 15 is 0 Å². The summed E-state index contributed by atoms with van der Waals surface area (Å²) in [7, 11) is 2.00. The molecule has 0 aliphatic carbocycles. The summed E-state index contributed by atoms with van der Waals surface area (Å²) < 4.78 is 1.95. The molecule has 0 aliphatic rings. The van der Waals surface area contributed by atoms with Crippen LogP contribution >= 0.6 is 11.8 Å². The van der Waals surface area contributed by atoms with Crippen LogP contribution in [0.1, 0.15) is 30.7 Å². The molecule has 0 spiro atoms. The Balaban J connectivity index is 2.14. The van der Waals surface area contributed by atoms with Crippen molar-refractivity contribution < 1.29 is 0 Å². The van der Waals surface area contributed by atoms with Crippen LogP contribution in [0.5, 0.6) is 0 Å². The fourth-order valence-electron chi connectivity index (χ4n) is 2.34. The molecule has 0 amide bonds. The van der Waals surface area contributed by atoms with E-state index in [0.29, 0.717) is 6.04 Å². The van der Waals surface area contributed by atoms with Gasteiger partial charge in [-0.15, -0.1) is 11.8 Å². The Bertz CT molecular complexity index is 589. The van der Waals surface area contributed by atoms with Crippen molar-refractivity contribution in [2.24, 2.45) is 7.05 Å². The number of hydrogen-bond donors (Lipinski definition) is 0. The summed E-state index contributed by atoms with van der Waals surface area (Å²) in [6, 6.07) is 9.32. The van der Waals surface area contributed by atoms with Crippen LogP contribution in [0.15, 0.2) is 35.4 Å². The number of benzene rings is 1. The summed E-state index contributed by atoms with van der Waals surface area (Å²) in [4.78, 5) is 3.82. The van der Waals surface area contributed by atoms with Crippen LogP contribution in [0, 0.1) is 6.92 Å². The SMILES string of the molecule is CSc1cccc(CN(Cc2cnn(C)c2C)C(C)C)c1. The summed E-state index contributed by atoms with van der Waals surface area (Å²) in [6.45, 7) is 8.56. The highest BCUT2D eigenvalue weighted by atomic mass is 32.2. The van der Waals surface area contributed by atoms with Gasteiger partial charge in [-0.25, -0.2) is 0 Å². The molecule has 114 valence electrons. The molecule has 0 N–H and O–H groups in total. The number of nitrogens with zero attached hydrogens (tertiary/aromatic N) is 3. The fraction of sp³-hybridized carbons (Fsp3) is 0.471. The lowest BCUT2D eigenvalue weighted by Crippen LogP contribution is -2.30. The first kappa shape index (κ1) is 16.1. The molecule has 0 unspecified atom stereocenters. The first-order valence-electron chi connectivity index (χ1n) is 7.35. The zero-order valence-corrected chi connectivity index (χ0v) is 14.4. The number of aryl methyl sites for hydroxylation is 1. The highest BCUT2D eigenvalue weighted by molar-refractivity contribution is 7.98. The second-order valence-corrected chi connectivity index (χ2v) is 6.61. The highest BCUT2D eigenvalue weighted by Gasteiger charge is 2.14. The smallest absolute Gasteiger partial charge is 0.0537 e. The van der Waals surface area contributed by atoms with Crippen LogP contribution in [0.25, 0.3) is 0 Å². The highest BCUT2D eigenvalue weighted by Crippen LogP contribution is 2.19. The monoisotopic (exact) mass is 303 g/mol. The van der Waals surface area contributed by atoms with E-state index in [2.05, 4.69) is 61.3 Å². The molecule has 1 aromatic heterocycles. The standard InChI is InChI=1S/C17H25N3S/c1-13(2)20(12-16-10-18-19(4)14(16)3)11-15-7-6-8-17(9-15)21-5/h6-10,13H,11-12H2,1-5H3. The molecule has 0 saturated heterocycles. The molecule has 2 rings (SSSR count). The predicted molar refractivity (Wildman–Crippen MR) is 90.6 cm³/mol. The third-order valence-electron chi connectivity index (χ3n) is 3.96. The molecule has 0 saturated carbocycles. The minimum Gasteiger partial charge on any atom is -0.292 e. The Labute approximate surface area is 132 Å². The molecular formula is C17H25N3S. The molecule has 0 fully saturated rings. The maximum Gasteiger partial charge on any atom is 0.0537 e. The van der Waals surface area contributed by atoms with Crippen LogP contribution in [0.2, 0.25) is 0 Å². The Morgan fingerprint density at radius 2 is 2.05 bits per heavy atom. The lowest BCUT2D eigenvalue weighted by Gasteiger charge is -2.26. The first-order valence-corrected chi connectivity index (χ1v) is 8.58. The van der Waals surface area contributed by atoms with E-state index < -0.39 is 0 Å². The van der Waals surface area contributed by atoms with Gasteiger partial charge in [0.05, 0.1) is 6.20 Å². The first-order chi connectivity index (χ1) is 10.0. The van der Waals surface area contributed by atoms with Gasteiger partial charge in [0.25, 0.3) is 0 Å².